The molecule has 0 saturated carbocycles. The Morgan fingerprint density at radius 3 is 2.65 bits per heavy atom. The number of hydrogen-bond donors (Lipinski definition) is 1. The number of methoxy groups -OCH3 is 2. The van der Waals surface area contributed by atoms with Crippen molar-refractivity contribution >= 4 is 34.6 Å². The number of thioether (sulfide) groups is 1. The van der Waals surface area contributed by atoms with Gasteiger partial charge in [0, 0.05) is 5.56 Å². The minimum absolute atomic E-state index is 0.177. The number of para-hydroxylation sites is 1. The molecule has 0 aromatic heterocycles. The summed E-state index contributed by atoms with van der Waals surface area (Å²) in [6.45, 7) is 4.02. The first-order valence-corrected chi connectivity index (χ1v) is 8.91. The Morgan fingerprint density at radius 2 is 1.92 bits per heavy atom. The molecule has 0 atom stereocenters. The van der Waals surface area contributed by atoms with Gasteiger partial charge in [0.1, 0.15) is 0 Å². The SMILES string of the molecule is COc1cccc(/C=C2\SC(=Nc3cc(C)ccc3C)NC2=O)c1OC. The van der Waals surface area contributed by atoms with Crippen LogP contribution in [0.1, 0.15) is 16.7 Å². The lowest BCUT2D eigenvalue weighted by atomic mass is 10.1. The highest BCUT2D eigenvalue weighted by molar-refractivity contribution is 8.18. The van der Waals surface area contributed by atoms with Crippen LogP contribution >= 0.6 is 11.8 Å². The lowest BCUT2D eigenvalue weighted by molar-refractivity contribution is -0.115. The molecule has 1 heterocycles. The molecule has 134 valence electrons. The zero-order chi connectivity index (χ0) is 18.7. The van der Waals surface area contributed by atoms with Crippen LogP contribution in [-0.4, -0.2) is 25.3 Å². The molecule has 6 heteroatoms. The molecule has 0 bridgehead atoms. The number of carbonyl (C=O) groups excluding carboxylic acids is 1. The minimum atomic E-state index is -0.177. The maximum absolute atomic E-state index is 12.3. The molecule has 0 aliphatic carbocycles. The van der Waals surface area contributed by atoms with Crippen molar-refractivity contribution in [2.24, 2.45) is 4.99 Å². The third kappa shape index (κ3) is 3.75. The monoisotopic (exact) mass is 368 g/mol. The fourth-order valence-corrected chi connectivity index (χ4v) is 3.42. The number of nitrogens with one attached hydrogen (secondary N) is 1. The van der Waals surface area contributed by atoms with Gasteiger partial charge in [0.15, 0.2) is 16.7 Å². The first-order valence-electron chi connectivity index (χ1n) is 8.09. The van der Waals surface area contributed by atoms with Crippen molar-refractivity contribution in [3.05, 3.63) is 58.0 Å². The Bertz CT molecular complexity index is 919. The molecule has 0 unspecified atom stereocenters. The number of ether oxygens (including phenoxy) is 2. The number of aryl methyl sites for hydroxylation is 2. The van der Waals surface area contributed by atoms with E-state index in [0.29, 0.717) is 21.6 Å². The summed E-state index contributed by atoms with van der Waals surface area (Å²) in [6, 6.07) is 11.6. The van der Waals surface area contributed by atoms with E-state index in [1.807, 2.05) is 50.2 Å². The number of amidine groups is 1. The lowest BCUT2D eigenvalue weighted by Gasteiger charge is -2.10. The number of rotatable bonds is 4. The molecule has 26 heavy (non-hydrogen) atoms. The summed E-state index contributed by atoms with van der Waals surface area (Å²) in [4.78, 5) is 17.5. The Morgan fingerprint density at radius 1 is 1.12 bits per heavy atom. The Hall–Kier alpha value is -2.73. The van der Waals surface area contributed by atoms with Crippen LogP contribution in [0.3, 0.4) is 0 Å². The van der Waals surface area contributed by atoms with E-state index in [2.05, 4.69) is 10.3 Å². The van der Waals surface area contributed by atoms with Crippen LogP contribution in [0.5, 0.6) is 11.5 Å². The number of nitrogens with zero attached hydrogens (tertiary/aromatic N) is 1. The smallest absolute Gasteiger partial charge is 0.264 e. The van der Waals surface area contributed by atoms with Crippen molar-refractivity contribution in [2.75, 3.05) is 14.2 Å². The van der Waals surface area contributed by atoms with Gasteiger partial charge in [0.2, 0.25) is 0 Å². The molecule has 2 aromatic carbocycles. The van der Waals surface area contributed by atoms with Crippen LogP contribution in [-0.2, 0) is 4.79 Å². The largest absolute Gasteiger partial charge is 0.493 e. The fourth-order valence-electron chi connectivity index (χ4n) is 2.60. The molecular weight excluding hydrogens is 348 g/mol. The summed E-state index contributed by atoms with van der Waals surface area (Å²) in [5.41, 5.74) is 3.82. The Kier molecular flexibility index (Phi) is 5.32. The van der Waals surface area contributed by atoms with E-state index in [9.17, 15) is 4.79 Å². The van der Waals surface area contributed by atoms with Gasteiger partial charge in [-0.3, -0.25) is 4.79 Å². The van der Waals surface area contributed by atoms with E-state index in [-0.39, 0.29) is 5.91 Å². The number of hydrogen-bond acceptors (Lipinski definition) is 5. The van der Waals surface area contributed by atoms with Gasteiger partial charge in [0.05, 0.1) is 24.8 Å². The molecule has 1 N–H and O–H groups in total. The molecular formula is C20H20N2O3S. The van der Waals surface area contributed by atoms with Crippen LogP contribution in [0, 0.1) is 13.8 Å². The highest BCUT2D eigenvalue weighted by Crippen LogP contribution is 2.35. The first-order chi connectivity index (χ1) is 12.5. The van der Waals surface area contributed by atoms with E-state index in [1.54, 1.807) is 20.3 Å². The van der Waals surface area contributed by atoms with Crippen molar-refractivity contribution in [3.8, 4) is 11.5 Å². The summed E-state index contributed by atoms with van der Waals surface area (Å²) in [7, 11) is 3.16. The second-order valence-corrected chi connectivity index (χ2v) is 6.89. The van der Waals surface area contributed by atoms with Crippen molar-refractivity contribution < 1.29 is 14.3 Å². The molecule has 3 rings (SSSR count). The zero-order valence-corrected chi connectivity index (χ0v) is 15.9. The standard InChI is InChI=1S/C20H20N2O3S/c1-12-8-9-13(2)15(10-12)21-20-22-19(23)17(26-20)11-14-6-5-7-16(24-3)18(14)25-4/h5-11H,1-4H3,(H,21,22,23)/b17-11-. The number of amides is 1. The summed E-state index contributed by atoms with van der Waals surface area (Å²) in [5, 5.41) is 3.39. The third-order valence-corrected chi connectivity index (χ3v) is 4.87. The molecule has 2 aromatic rings. The molecule has 5 nitrogen and oxygen atoms in total. The fraction of sp³-hybridized carbons (Fsp3) is 0.200. The Labute approximate surface area is 157 Å². The molecule has 1 aliphatic rings. The lowest BCUT2D eigenvalue weighted by Crippen LogP contribution is -2.19. The number of aliphatic imine (C=N–C) groups is 1. The van der Waals surface area contributed by atoms with Crippen LogP contribution < -0.4 is 14.8 Å². The Balaban J connectivity index is 1.92. The van der Waals surface area contributed by atoms with Gasteiger partial charge in [-0.25, -0.2) is 4.99 Å². The minimum Gasteiger partial charge on any atom is -0.493 e. The normalized spacial score (nSPS) is 16.8. The number of benzene rings is 2. The summed E-state index contributed by atoms with van der Waals surface area (Å²) in [6.07, 6.45) is 1.78. The van der Waals surface area contributed by atoms with Crippen molar-refractivity contribution in [1.82, 2.24) is 5.32 Å². The van der Waals surface area contributed by atoms with Crippen LogP contribution in [0.4, 0.5) is 5.69 Å². The average molecular weight is 368 g/mol. The molecule has 1 saturated heterocycles. The summed E-state index contributed by atoms with van der Waals surface area (Å²) >= 11 is 1.31. The zero-order valence-electron chi connectivity index (χ0n) is 15.1. The van der Waals surface area contributed by atoms with E-state index in [0.717, 1.165) is 22.4 Å². The van der Waals surface area contributed by atoms with Gasteiger partial charge in [0.25, 0.3) is 5.91 Å². The summed E-state index contributed by atoms with van der Waals surface area (Å²) < 4.78 is 10.7. The topological polar surface area (TPSA) is 59.9 Å². The predicted molar refractivity (Wildman–Crippen MR) is 106 cm³/mol. The first kappa shape index (κ1) is 18.1. The second-order valence-electron chi connectivity index (χ2n) is 5.85. The molecule has 0 spiro atoms. The highest BCUT2D eigenvalue weighted by Gasteiger charge is 2.24. The van der Waals surface area contributed by atoms with Gasteiger partial charge in [-0.2, -0.15) is 0 Å². The maximum Gasteiger partial charge on any atom is 0.264 e. The highest BCUT2D eigenvalue weighted by atomic mass is 32.2. The van der Waals surface area contributed by atoms with E-state index >= 15 is 0 Å². The van der Waals surface area contributed by atoms with Crippen LogP contribution in [0.25, 0.3) is 6.08 Å². The van der Waals surface area contributed by atoms with Crippen LogP contribution in [0.15, 0.2) is 46.3 Å². The van der Waals surface area contributed by atoms with Crippen molar-refractivity contribution in [1.29, 1.82) is 0 Å². The molecule has 1 fully saturated rings. The predicted octanol–water partition coefficient (Wildman–Crippen LogP) is 4.21. The third-order valence-electron chi connectivity index (χ3n) is 3.96. The van der Waals surface area contributed by atoms with Crippen molar-refractivity contribution in [3.63, 3.8) is 0 Å². The van der Waals surface area contributed by atoms with Gasteiger partial charge >= 0.3 is 0 Å². The molecule has 1 aliphatic heterocycles. The van der Waals surface area contributed by atoms with Crippen LogP contribution in [0.2, 0.25) is 0 Å². The van der Waals surface area contributed by atoms with Crippen molar-refractivity contribution in [2.45, 2.75) is 13.8 Å². The number of carbonyl (C=O) groups is 1. The quantitative estimate of drug-likeness (QED) is 0.821. The van der Waals surface area contributed by atoms with E-state index < -0.39 is 0 Å². The van der Waals surface area contributed by atoms with E-state index in [1.165, 1.54) is 11.8 Å². The van der Waals surface area contributed by atoms with Gasteiger partial charge < -0.3 is 14.8 Å². The second kappa shape index (κ2) is 7.66. The average Bonchev–Trinajstić information content (AvgIpc) is 2.97. The van der Waals surface area contributed by atoms with Gasteiger partial charge in [-0.05, 0) is 54.9 Å². The molecule has 1 amide bonds. The van der Waals surface area contributed by atoms with Gasteiger partial charge in [-0.1, -0.05) is 24.3 Å². The van der Waals surface area contributed by atoms with Gasteiger partial charge in [-0.15, -0.1) is 0 Å². The van der Waals surface area contributed by atoms with E-state index in [4.69, 9.17) is 9.47 Å². The maximum atomic E-state index is 12.3. The molecule has 0 radical (unpaired) electrons. The summed E-state index contributed by atoms with van der Waals surface area (Å²) in [5.74, 6) is 1.04.